The van der Waals surface area contributed by atoms with Crippen LogP contribution in [-0.4, -0.2) is 142 Å². The quantitative estimate of drug-likeness (QED) is 0.0470. The summed E-state index contributed by atoms with van der Waals surface area (Å²) in [6.07, 6.45) is -23.6. The average Bonchev–Trinajstić information content (AvgIpc) is 2.68. The van der Waals surface area contributed by atoms with E-state index in [1.54, 1.807) is 48.5 Å². The Morgan fingerprint density at radius 1 is 0.679 bits per heavy atom. The van der Waals surface area contributed by atoms with Gasteiger partial charge in [-0.15, -0.1) is 0 Å². The maximum atomic E-state index is 15.2. The Balaban J connectivity index is 0.970. The zero-order valence-corrected chi connectivity index (χ0v) is 43.4. The fourth-order valence-corrected chi connectivity index (χ4v) is 11.8. The second-order valence-electron chi connectivity index (χ2n) is 19.5. The van der Waals surface area contributed by atoms with Crippen molar-refractivity contribution >= 4 is 45.0 Å². The van der Waals surface area contributed by atoms with Gasteiger partial charge in [-0.1, -0.05) is 78.9 Å². The van der Waals surface area contributed by atoms with E-state index in [0.29, 0.717) is 22.4 Å². The first-order valence-corrected chi connectivity index (χ1v) is 27.1. The molecular formula is C57H56F3N3O17S. The maximum Gasteiger partial charge on any atom is 0.412 e. The van der Waals surface area contributed by atoms with Gasteiger partial charge in [0.25, 0.3) is 0 Å². The third-order valence-electron chi connectivity index (χ3n) is 14.2. The highest BCUT2D eigenvalue weighted by Crippen LogP contribution is 2.49. The van der Waals surface area contributed by atoms with Crippen LogP contribution in [0.5, 0.6) is 5.75 Å². The highest BCUT2D eigenvalue weighted by Gasteiger charge is 2.54. The molecule has 3 fully saturated rings. The zero-order valence-electron chi connectivity index (χ0n) is 42.6. The molecule has 0 saturated carbocycles. The number of phenols is 1. The van der Waals surface area contributed by atoms with Gasteiger partial charge in [-0.05, 0) is 102 Å². The molecule has 9 rings (SSSR count). The predicted molar refractivity (Wildman–Crippen MR) is 281 cm³/mol. The number of aromatic hydroxyl groups is 1. The summed E-state index contributed by atoms with van der Waals surface area (Å²) in [6, 6.07) is 33.1. The van der Waals surface area contributed by atoms with Crippen molar-refractivity contribution in [1.82, 2.24) is 0 Å². The van der Waals surface area contributed by atoms with E-state index >= 15 is 8.42 Å². The molecule has 6 aromatic carbocycles. The summed E-state index contributed by atoms with van der Waals surface area (Å²) >= 11 is 0. The van der Waals surface area contributed by atoms with Crippen LogP contribution >= 0.6 is 0 Å². The number of nitrogens with one attached hydrogen (secondary N) is 2. The molecule has 3 amide bonds. The number of hydrogen-bond acceptors (Lipinski definition) is 17. The molecule has 0 aromatic heterocycles. The summed E-state index contributed by atoms with van der Waals surface area (Å²) in [5, 5.41) is 82.8. The Bertz CT molecular complexity index is 3310. The Hall–Kier alpha value is -7.49. The second-order valence-corrected chi connectivity index (χ2v) is 21.5. The minimum atomic E-state index is -4.74. The molecule has 3 saturated heterocycles. The van der Waals surface area contributed by atoms with Crippen molar-refractivity contribution in [3.63, 3.8) is 0 Å². The molecule has 0 radical (unpaired) electrons. The fourth-order valence-electron chi connectivity index (χ4n) is 10.1. The first kappa shape index (κ1) is 58.2. The van der Waals surface area contributed by atoms with Gasteiger partial charge in [0.1, 0.15) is 78.6 Å². The molecule has 6 aromatic rings. The number of carbonyl (C=O) groups is 3. The molecule has 4 unspecified atom stereocenters. The summed E-state index contributed by atoms with van der Waals surface area (Å²) in [4.78, 5) is 41.2. The summed E-state index contributed by atoms with van der Waals surface area (Å²) in [5.41, 5.74) is 1.00. The lowest BCUT2D eigenvalue weighted by Gasteiger charge is -2.48. The number of carbonyl (C=O) groups excluding carboxylic acids is 3. The van der Waals surface area contributed by atoms with Gasteiger partial charge in [-0.2, -0.15) is 0 Å². The highest BCUT2D eigenvalue weighted by atomic mass is 32.2. The highest BCUT2D eigenvalue weighted by molar-refractivity contribution is 7.91. The Labute approximate surface area is 461 Å². The monoisotopic (exact) mass is 1140 g/mol. The number of aliphatic hydroxyl groups excluding tert-OH is 6. The fraction of sp³-hybridized carbons (Fsp3) is 0.316. The van der Waals surface area contributed by atoms with Gasteiger partial charge >= 0.3 is 12.2 Å². The number of amides is 3. The Morgan fingerprint density at radius 2 is 1.31 bits per heavy atom. The molecule has 81 heavy (non-hydrogen) atoms. The van der Waals surface area contributed by atoms with Crippen LogP contribution in [0.3, 0.4) is 0 Å². The standard InChI is InChI=1S/C57H56F3N3O17S/c58-33-20-17-30(18-21-33)42(66)24-23-37-47(63(54(37)71)34-10-2-1-3-11-34)36-22-19-32(31-9-8-12-35(65)25-31)26-46(36)81(74,75)29-45-48(67)49(68)52(43(27-64)77-45)79-55-51(70)50(69)53(80-57(73)62-41-16-7-5-14-39(41)60)44(78-55)28-76-56(72)61-40-15-6-4-13-38(40)59/h1-22,25-26,37,42-45,47-53,55,64-70H,23-24,27-29H2,(H,61,72)(H,62,73)/t37-,42+,43?,44?,45+,47-,48?,49-,50-,51?,52+,53+,55+/m1/s1. The van der Waals surface area contributed by atoms with Crippen LogP contribution in [0.2, 0.25) is 0 Å². The molecular weight excluding hydrogens is 1090 g/mol. The number of aliphatic hydroxyl groups is 6. The molecule has 13 atom stereocenters. The number of anilines is 3. The number of ether oxygens (including phenoxy) is 5. The third-order valence-corrected chi connectivity index (χ3v) is 16.0. The van der Waals surface area contributed by atoms with Crippen LogP contribution in [-0.2, 0) is 38.3 Å². The molecule has 3 heterocycles. The summed E-state index contributed by atoms with van der Waals surface area (Å²) in [6.45, 7) is -1.94. The van der Waals surface area contributed by atoms with Crippen LogP contribution in [0.4, 0.5) is 39.8 Å². The number of para-hydroxylation sites is 3. The van der Waals surface area contributed by atoms with Crippen molar-refractivity contribution in [2.24, 2.45) is 5.92 Å². The van der Waals surface area contributed by atoms with Crippen molar-refractivity contribution in [1.29, 1.82) is 0 Å². The number of sulfone groups is 1. The molecule has 24 heteroatoms. The van der Waals surface area contributed by atoms with Gasteiger partial charge in [0.05, 0.1) is 46.7 Å². The molecule has 9 N–H and O–H groups in total. The van der Waals surface area contributed by atoms with Crippen molar-refractivity contribution in [2.45, 2.75) is 91.1 Å². The Morgan fingerprint density at radius 3 is 1.96 bits per heavy atom. The zero-order chi connectivity index (χ0) is 57.7. The number of benzene rings is 6. The molecule has 20 nitrogen and oxygen atoms in total. The minimum Gasteiger partial charge on any atom is -0.508 e. The van der Waals surface area contributed by atoms with E-state index in [1.807, 2.05) is 0 Å². The van der Waals surface area contributed by atoms with E-state index in [-0.39, 0.29) is 46.3 Å². The van der Waals surface area contributed by atoms with Gasteiger partial charge < -0.3 is 64.3 Å². The van der Waals surface area contributed by atoms with E-state index in [9.17, 15) is 63.3 Å². The predicted octanol–water partition coefficient (Wildman–Crippen LogP) is 5.65. The maximum absolute atomic E-state index is 15.2. The van der Waals surface area contributed by atoms with Gasteiger partial charge in [-0.25, -0.2) is 31.2 Å². The van der Waals surface area contributed by atoms with Gasteiger partial charge in [-0.3, -0.25) is 15.4 Å². The molecule has 0 aliphatic carbocycles. The van der Waals surface area contributed by atoms with E-state index in [2.05, 4.69) is 10.6 Å². The molecule has 0 bridgehead atoms. The summed E-state index contributed by atoms with van der Waals surface area (Å²) in [5.74, 6) is -4.72. The van der Waals surface area contributed by atoms with Crippen molar-refractivity contribution in [3.05, 3.63) is 174 Å². The topological polar surface area (TPSA) is 300 Å². The summed E-state index contributed by atoms with van der Waals surface area (Å²) in [7, 11) is -4.74. The van der Waals surface area contributed by atoms with Crippen molar-refractivity contribution < 1.29 is 95.4 Å². The second kappa shape index (κ2) is 25.1. The lowest BCUT2D eigenvalue weighted by Crippen LogP contribution is -2.65. The largest absolute Gasteiger partial charge is 0.508 e. The van der Waals surface area contributed by atoms with Crippen LogP contribution in [0, 0.1) is 23.4 Å². The summed E-state index contributed by atoms with van der Waals surface area (Å²) < 4.78 is 101. The molecule has 3 aliphatic rings. The number of rotatable bonds is 18. The van der Waals surface area contributed by atoms with Gasteiger partial charge in [0.15, 0.2) is 22.2 Å². The Kier molecular flexibility index (Phi) is 18.0. The normalized spacial score (nSPS) is 26.0. The minimum absolute atomic E-state index is 0.0174. The number of hydrogen-bond donors (Lipinski definition) is 9. The van der Waals surface area contributed by atoms with Crippen molar-refractivity contribution in [3.8, 4) is 16.9 Å². The third kappa shape index (κ3) is 13.0. The van der Waals surface area contributed by atoms with Crippen LogP contribution in [0.25, 0.3) is 11.1 Å². The van der Waals surface area contributed by atoms with E-state index in [1.165, 1.54) is 89.8 Å². The van der Waals surface area contributed by atoms with Gasteiger partial charge in [0, 0.05) is 5.69 Å². The smallest absolute Gasteiger partial charge is 0.412 e. The number of phenolic OH excluding ortho intramolecular Hbond substituents is 1. The molecule has 0 spiro atoms. The van der Waals surface area contributed by atoms with Crippen LogP contribution in [0.15, 0.2) is 150 Å². The molecule has 3 aliphatic heterocycles. The first-order chi connectivity index (χ1) is 38.8. The van der Waals surface area contributed by atoms with E-state index in [4.69, 9.17) is 23.7 Å². The van der Waals surface area contributed by atoms with Crippen molar-refractivity contribution in [2.75, 3.05) is 34.5 Å². The van der Waals surface area contributed by atoms with E-state index in [0.717, 1.165) is 12.1 Å². The van der Waals surface area contributed by atoms with Gasteiger partial charge in [0.2, 0.25) is 5.91 Å². The SMILES string of the molecule is O=C(Nc1ccccc1F)OCC1O[C@@H](O[C@H]2C(CO)O[C@@H](CS(=O)(=O)c3cc(-c4cccc(O)c4)ccc3[C@@H]3[C@@H](CC[C@H](O)c4ccc(F)cc4)C(=O)N3c3ccccc3)C(O)[C@H]2O)C(O)[C@@H](O)[C@H]1OC(=O)Nc1ccccc1F. The average molecular weight is 1140 g/mol. The molecule has 428 valence electrons. The van der Waals surface area contributed by atoms with Crippen LogP contribution < -0.4 is 15.5 Å². The van der Waals surface area contributed by atoms with Crippen LogP contribution in [0.1, 0.15) is 36.1 Å². The number of halogens is 3. The lowest BCUT2D eigenvalue weighted by atomic mass is 9.78. The first-order valence-electron chi connectivity index (χ1n) is 25.5. The number of nitrogens with zero attached hydrogens (tertiary/aromatic N) is 1. The lowest BCUT2D eigenvalue weighted by molar-refractivity contribution is -0.340. The van der Waals surface area contributed by atoms with E-state index < -0.39 is 138 Å². The number of β-lactam (4-membered cyclic amide) rings is 1.